The molecule has 0 saturated carbocycles. The Kier molecular flexibility index (Phi) is 13.1. The highest BCUT2D eigenvalue weighted by molar-refractivity contribution is 6.74. The van der Waals surface area contributed by atoms with Gasteiger partial charge >= 0.3 is 8.56 Å². The molecule has 5 heteroatoms. The molecule has 0 aromatic carbocycles. The van der Waals surface area contributed by atoms with E-state index in [4.69, 9.17) is 13.3 Å². The summed E-state index contributed by atoms with van der Waals surface area (Å²) in [4.78, 5) is 0. The van der Waals surface area contributed by atoms with Gasteiger partial charge in [-0.1, -0.05) is 124 Å². The van der Waals surface area contributed by atoms with E-state index in [0.29, 0.717) is 0 Å². The summed E-state index contributed by atoms with van der Waals surface area (Å²) in [5.41, 5.74) is 0. The topological polar surface area (TPSA) is 27.7 Å². The van der Waals surface area contributed by atoms with Gasteiger partial charge in [-0.05, 0) is 43.5 Å². The van der Waals surface area contributed by atoms with Gasteiger partial charge in [0.05, 0.1) is 6.10 Å². The van der Waals surface area contributed by atoms with Crippen molar-refractivity contribution in [2.45, 2.75) is 135 Å². The van der Waals surface area contributed by atoms with E-state index in [1.165, 1.54) is 0 Å². The zero-order valence-electron chi connectivity index (χ0n) is 26.0. The molecule has 1 aliphatic heterocycles. The second-order valence-corrected chi connectivity index (χ2v) is 23.1. The van der Waals surface area contributed by atoms with E-state index in [1.807, 2.05) is 12.2 Å². The van der Waals surface area contributed by atoms with Crippen molar-refractivity contribution in [1.29, 1.82) is 0 Å². The third-order valence-corrected chi connectivity index (χ3v) is 17.0. The second-order valence-electron chi connectivity index (χ2n) is 13.6. The fourth-order valence-electron chi connectivity index (χ4n) is 4.43. The van der Waals surface area contributed by atoms with Gasteiger partial charge in [-0.25, -0.2) is 0 Å². The molecule has 3 nitrogen and oxygen atoms in total. The predicted octanol–water partition coefficient (Wildman–Crippen LogP) is 9.64. The van der Waals surface area contributed by atoms with E-state index >= 15 is 0 Å². The Morgan fingerprint density at radius 3 is 2.14 bits per heavy atom. The van der Waals surface area contributed by atoms with Crippen molar-refractivity contribution in [3.05, 3.63) is 48.6 Å². The number of rotatable bonds is 9. The van der Waals surface area contributed by atoms with Crippen molar-refractivity contribution in [3.8, 4) is 11.8 Å². The number of allylic oxidation sites excluding steroid dienone is 6. The average molecular weight is 545 g/mol. The molecule has 1 saturated heterocycles. The Labute approximate surface area is 232 Å². The van der Waals surface area contributed by atoms with Crippen LogP contribution in [0.2, 0.25) is 28.2 Å². The van der Waals surface area contributed by atoms with E-state index in [2.05, 4.69) is 131 Å². The quantitative estimate of drug-likeness (QED) is 0.125. The molecule has 0 N–H and O–H groups in total. The lowest BCUT2D eigenvalue weighted by Crippen LogP contribution is -2.61. The van der Waals surface area contributed by atoms with Crippen LogP contribution in [0, 0.1) is 11.8 Å². The highest BCUT2D eigenvalue weighted by Gasteiger charge is 2.60. The molecule has 2 unspecified atom stereocenters. The summed E-state index contributed by atoms with van der Waals surface area (Å²) in [6.45, 7) is 27.9. The van der Waals surface area contributed by atoms with Crippen LogP contribution in [0.3, 0.4) is 0 Å². The first kappa shape index (κ1) is 33.9. The van der Waals surface area contributed by atoms with Crippen molar-refractivity contribution in [2.24, 2.45) is 0 Å². The molecule has 1 fully saturated rings. The van der Waals surface area contributed by atoms with Gasteiger partial charge in [-0.3, -0.25) is 0 Å². The van der Waals surface area contributed by atoms with E-state index in [0.717, 1.165) is 32.3 Å². The summed E-state index contributed by atoms with van der Waals surface area (Å²) >= 11 is 0. The minimum absolute atomic E-state index is 0.00102. The van der Waals surface area contributed by atoms with Gasteiger partial charge in [-0.2, -0.15) is 0 Å². The normalized spacial score (nSPS) is 20.7. The maximum atomic E-state index is 6.75. The van der Waals surface area contributed by atoms with Gasteiger partial charge in [0.25, 0.3) is 0 Å². The maximum Gasteiger partial charge on any atom is 0.349 e. The monoisotopic (exact) mass is 544 g/mol. The first-order chi connectivity index (χ1) is 17.0. The molecule has 1 aliphatic rings. The first-order valence-corrected chi connectivity index (χ1v) is 18.8. The van der Waals surface area contributed by atoms with E-state index in [9.17, 15) is 0 Å². The molecular formula is C32H56O3Si2. The summed E-state index contributed by atoms with van der Waals surface area (Å²) in [5.74, 6) is 6.60. The van der Waals surface area contributed by atoms with Crippen LogP contribution in [0.4, 0.5) is 0 Å². The molecule has 0 amide bonds. The molecule has 0 aliphatic carbocycles. The minimum Gasteiger partial charge on any atom is -0.403 e. The van der Waals surface area contributed by atoms with Gasteiger partial charge in [0, 0.05) is 23.1 Å². The third-order valence-electron chi connectivity index (χ3n) is 7.29. The predicted molar refractivity (Wildman–Crippen MR) is 167 cm³/mol. The van der Waals surface area contributed by atoms with Crippen LogP contribution in [-0.2, 0) is 13.3 Å². The molecule has 1 rings (SSSR count). The van der Waals surface area contributed by atoms with E-state index < -0.39 is 16.9 Å². The Morgan fingerprint density at radius 1 is 0.946 bits per heavy atom. The van der Waals surface area contributed by atoms with Gasteiger partial charge in [0.15, 0.2) is 8.32 Å². The highest BCUT2D eigenvalue weighted by Crippen LogP contribution is 2.54. The van der Waals surface area contributed by atoms with Gasteiger partial charge in [-0.15, -0.1) is 0 Å². The Balaban J connectivity index is 2.90. The van der Waals surface area contributed by atoms with Crippen LogP contribution in [-0.4, -0.2) is 35.7 Å². The molecule has 0 radical (unpaired) electrons. The maximum absolute atomic E-state index is 6.75. The molecule has 0 aromatic heterocycles. The number of hydrogen-bond acceptors (Lipinski definition) is 3. The highest BCUT2D eigenvalue weighted by atomic mass is 28.4. The van der Waals surface area contributed by atoms with Crippen LogP contribution < -0.4 is 0 Å². The van der Waals surface area contributed by atoms with Crippen LogP contribution >= 0.6 is 0 Å². The van der Waals surface area contributed by atoms with Crippen molar-refractivity contribution < 1.29 is 13.3 Å². The van der Waals surface area contributed by atoms with Crippen molar-refractivity contribution in [1.82, 2.24) is 0 Å². The smallest absolute Gasteiger partial charge is 0.349 e. The van der Waals surface area contributed by atoms with E-state index in [-0.39, 0.29) is 27.3 Å². The van der Waals surface area contributed by atoms with Gasteiger partial charge < -0.3 is 13.3 Å². The van der Waals surface area contributed by atoms with Gasteiger partial charge in [0.1, 0.15) is 6.10 Å². The zero-order chi connectivity index (χ0) is 28.4. The fraction of sp³-hybridized carbons (Fsp3) is 0.688. The Hall–Kier alpha value is -1.17. The zero-order valence-corrected chi connectivity index (χ0v) is 28.0. The SMILES string of the molecule is CC/C=C/C/C=C/CC(C#C/C=C/C=C/C1CCO[Si](C(C)(C)C)(C(C)(C)C)O1)O[Si](C)(C)C(C)(C)C. The van der Waals surface area contributed by atoms with Crippen LogP contribution in [0.1, 0.15) is 94.9 Å². The summed E-state index contributed by atoms with van der Waals surface area (Å²) in [6.07, 6.45) is 20.7. The van der Waals surface area contributed by atoms with Crippen LogP contribution in [0.5, 0.6) is 0 Å². The largest absolute Gasteiger partial charge is 0.403 e. The molecule has 37 heavy (non-hydrogen) atoms. The lowest BCUT2D eigenvalue weighted by molar-refractivity contribution is 0.0420. The Bertz CT molecular complexity index is 851. The summed E-state index contributed by atoms with van der Waals surface area (Å²) in [7, 11) is -4.33. The van der Waals surface area contributed by atoms with Crippen molar-refractivity contribution >= 4 is 16.9 Å². The van der Waals surface area contributed by atoms with Crippen molar-refractivity contribution in [3.63, 3.8) is 0 Å². The molecule has 2 atom stereocenters. The average Bonchev–Trinajstić information content (AvgIpc) is 2.76. The van der Waals surface area contributed by atoms with Crippen LogP contribution in [0.15, 0.2) is 48.6 Å². The fourth-order valence-corrected chi connectivity index (χ4v) is 10.6. The van der Waals surface area contributed by atoms with Crippen molar-refractivity contribution in [2.75, 3.05) is 6.61 Å². The summed E-state index contributed by atoms with van der Waals surface area (Å²) in [6, 6.07) is 0. The van der Waals surface area contributed by atoms with E-state index in [1.54, 1.807) is 0 Å². The lowest BCUT2D eigenvalue weighted by Gasteiger charge is -2.52. The molecule has 1 heterocycles. The molecule has 210 valence electrons. The summed E-state index contributed by atoms with van der Waals surface area (Å²) < 4.78 is 19.8. The van der Waals surface area contributed by atoms with Gasteiger partial charge in [0.2, 0.25) is 0 Å². The lowest BCUT2D eigenvalue weighted by atomic mass is 10.2. The minimum atomic E-state index is -2.43. The first-order valence-electron chi connectivity index (χ1n) is 14.1. The van der Waals surface area contributed by atoms with Crippen LogP contribution in [0.25, 0.3) is 0 Å². The number of hydrogen-bond donors (Lipinski definition) is 0. The Morgan fingerprint density at radius 2 is 1.57 bits per heavy atom. The standard InChI is InChI=1S/C32H56O3Si2/c1-13-14-15-16-17-20-23-28(34-36(11,12)30(2,3)4)24-21-18-19-22-25-29-26-27-33-37(35-29,31(5,6)7)32(8,9)10/h14-15,17-20,22,25,28-29H,13,16,23,26-27H2,1-12H3/b15-14+,19-18+,20-17+,25-22+. The molecule has 0 aromatic rings. The molecule has 0 bridgehead atoms. The second kappa shape index (κ2) is 14.3. The molecule has 0 spiro atoms. The third kappa shape index (κ3) is 10.5. The molecular weight excluding hydrogens is 489 g/mol. The summed E-state index contributed by atoms with van der Waals surface area (Å²) in [5, 5.41) is 0.152.